The Morgan fingerprint density at radius 2 is 1.83 bits per heavy atom. The SMILES string of the molecule is CC(=O)c1ccccc1NC(=O)c1ccc2c(=O)n3c(nc2c1)CCCCCC3. The standard InChI is InChI=1S/C23H23N3O3/c1-15(27)17-8-5-6-9-19(17)25-22(28)16-11-12-18-20(14-16)24-21-10-4-2-3-7-13-26(21)23(18)29/h5-6,8-9,11-12,14H,2-4,7,10,13H2,1H3,(H,25,28). The molecule has 0 saturated carbocycles. The van der Waals surface area contributed by atoms with Crippen LogP contribution in [0.25, 0.3) is 10.9 Å². The molecule has 1 aliphatic rings. The summed E-state index contributed by atoms with van der Waals surface area (Å²) in [5.41, 5.74) is 1.82. The molecular formula is C23H23N3O3. The molecule has 0 unspecified atom stereocenters. The number of amides is 1. The minimum absolute atomic E-state index is 0.0409. The molecule has 0 aliphatic carbocycles. The fourth-order valence-electron chi connectivity index (χ4n) is 3.83. The van der Waals surface area contributed by atoms with Gasteiger partial charge in [-0.15, -0.1) is 0 Å². The summed E-state index contributed by atoms with van der Waals surface area (Å²) in [7, 11) is 0. The Balaban J connectivity index is 1.70. The molecule has 1 N–H and O–H groups in total. The van der Waals surface area contributed by atoms with Gasteiger partial charge in [-0.25, -0.2) is 4.98 Å². The molecule has 6 heteroatoms. The monoisotopic (exact) mass is 389 g/mol. The van der Waals surface area contributed by atoms with E-state index in [0.29, 0.717) is 34.3 Å². The lowest BCUT2D eigenvalue weighted by atomic mass is 10.1. The van der Waals surface area contributed by atoms with Gasteiger partial charge in [-0.1, -0.05) is 25.0 Å². The van der Waals surface area contributed by atoms with E-state index < -0.39 is 0 Å². The summed E-state index contributed by atoms with van der Waals surface area (Å²) < 4.78 is 1.78. The molecule has 0 radical (unpaired) electrons. The Bertz CT molecular complexity index is 1160. The van der Waals surface area contributed by atoms with E-state index in [1.807, 2.05) is 0 Å². The van der Waals surface area contributed by atoms with Crippen LogP contribution in [-0.2, 0) is 13.0 Å². The maximum Gasteiger partial charge on any atom is 0.261 e. The minimum Gasteiger partial charge on any atom is -0.321 e. The molecular weight excluding hydrogens is 366 g/mol. The molecule has 4 rings (SSSR count). The Morgan fingerprint density at radius 3 is 2.66 bits per heavy atom. The highest BCUT2D eigenvalue weighted by Gasteiger charge is 2.16. The largest absolute Gasteiger partial charge is 0.321 e. The second-order valence-corrected chi connectivity index (χ2v) is 7.44. The Kier molecular flexibility index (Phi) is 5.25. The van der Waals surface area contributed by atoms with Crippen LogP contribution in [-0.4, -0.2) is 21.2 Å². The first-order valence-electron chi connectivity index (χ1n) is 9.99. The van der Waals surface area contributed by atoms with Crippen molar-refractivity contribution in [3.63, 3.8) is 0 Å². The number of Topliss-reactive ketones (excluding diaryl/α,β-unsaturated/α-hetero) is 1. The van der Waals surface area contributed by atoms with Crippen LogP contribution in [0.1, 0.15) is 59.1 Å². The average molecular weight is 389 g/mol. The maximum absolute atomic E-state index is 12.9. The number of benzene rings is 2. The minimum atomic E-state index is -0.339. The van der Waals surface area contributed by atoms with Crippen LogP contribution in [0.4, 0.5) is 5.69 Å². The van der Waals surface area contributed by atoms with Crippen molar-refractivity contribution in [1.82, 2.24) is 9.55 Å². The predicted octanol–water partition coefficient (Wildman–Crippen LogP) is 3.97. The van der Waals surface area contributed by atoms with E-state index in [1.165, 1.54) is 6.92 Å². The number of carbonyl (C=O) groups is 2. The van der Waals surface area contributed by atoms with Crippen molar-refractivity contribution in [3.8, 4) is 0 Å². The fraction of sp³-hybridized carbons (Fsp3) is 0.304. The van der Waals surface area contributed by atoms with E-state index in [2.05, 4.69) is 5.32 Å². The average Bonchev–Trinajstić information content (AvgIpc) is 2.69. The first-order chi connectivity index (χ1) is 14.0. The van der Waals surface area contributed by atoms with Crippen molar-refractivity contribution in [2.75, 3.05) is 5.32 Å². The Labute approximate surface area is 168 Å². The van der Waals surface area contributed by atoms with Gasteiger partial charge >= 0.3 is 0 Å². The number of ketones is 1. The van der Waals surface area contributed by atoms with Crippen LogP contribution in [0.5, 0.6) is 0 Å². The van der Waals surface area contributed by atoms with Gasteiger partial charge in [0.2, 0.25) is 0 Å². The number of nitrogens with one attached hydrogen (secondary N) is 1. The zero-order chi connectivity index (χ0) is 20.4. The number of aryl methyl sites for hydroxylation is 1. The summed E-state index contributed by atoms with van der Waals surface area (Å²) in [6.45, 7) is 2.16. The summed E-state index contributed by atoms with van der Waals surface area (Å²) in [6, 6.07) is 11.9. The first-order valence-corrected chi connectivity index (χ1v) is 9.99. The van der Waals surface area contributed by atoms with Crippen molar-refractivity contribution in [1.29, 1.82) is 0 Å². The zero-order valence-corrected chi connectivity index (χ0v) is 16.4. The van der Waals surface area contributed by atoms with Gasteiger partial charge in [0.1, 0.15) is 5.82 Å². The molecule has 2 aromatic carbocycles. The van der Waals surface area contributed by atoms with Gasteiger partial charge in [0.15, 0.2) is 5.78 Å². The van der Waals surface area contributed by atoms with Crippen LogP contribution >= 0.6 is 0 Å². The third kappa shape index (κ3) is 3.83. The lowest BCUT2D eigenvalue weighted by Gasteiger charge is -2.16. The second kappa shape index (κ2) is 7.99. The predicted molar refractivity (Wildman–Crippen MR) is 113 cm³/mol. The fourth-order valence-corrected chi connectivity index (χ4v) is 3.83. The van der Waals surface area contributed by atoms with Gasteiger partial charge in [0.25, 0.3) is 11.5 Å². The number of fused-ring (bicyclic) bond motifs is 2. The van der Waals surface area contributed by atoms with E-state index in [-0.39, 0.29) is 17.2 Å². The van der Waals surface area contributed by atoms with Gasteiger partial charge < -0.3 is 5.32 Å². The van der Waals surface area contributed by atoms with Crippen LogP contribution in [0.2, 0.25) is 0 Å². The van der Waals surface area contributed by atoms with E-state index >= 15 is 0 Å². The summed E-state index contributed by atoms with van der Waals surface area (Å²) >= 11 is 0. The molecule has 1 aromatic heterocycles. The molecule has 0 fully saturated rings. The number of nitrogens with zero attached hydrogens (tertiary/aromatic N) is 2. The number of anilines is 1. The number of para-hydroxylation sites is 1. The Morgan fingerprint density at radius 1 is 1.03 bits per heavy atom. The van der Waals surface area contributed by atoms with Crippen LogP contribution < -0.4 is 10.9 Å². The maximum atomic E-state index is 12.9. The second-order valence-electron chi connectivity index (χ2n) is 7.44. The van der Waals surface area contributed by atoms with E-state index in [4.69, 9.17) is 4.98 Å². The summed E-state index contributed by atoms with van der Waals surface area (Å²) in [5, 5.41) is 3.32. The van der Waals surface area contributed by atoms with Crippen molar-refractivity contribution in [2.45, 2.75) is 45.6 Å². The summed E-state index contributed by atoms with van der Waals surface area (Å²) in [5.74, 6) is 0.337. The number of rotatable bonds is 3. The number of hydrogen-bond acceptors (Lipinski definition) is 4. The third-order valence-electron chi connectivity index (χ3n) is 5.38. The molecule has 0 bridgehead atoms. The van der Waals surface area contributed by atoms with Gasteiger partial charge in [0.05, 0.1) is 16.6 Å². The molecule has 0 spiro atoms. The van der Waals surface area contributed by atoms with Crippen LogP contribution in [0.15, 0.2) is 47.3 Å². The van der Waals surface area contributed by atoms with Crippen molar-refractivity contribution < 1.29 is 9.59 Å². The first kappa shape index (κ1) is 19.1. The van der Waals surface area contributed by atoms with Gasteiger partial charge in [-0.2, -0.15) is 0 Å². The van der Waals surface area contributed by atoms with Crippen molar-refractivity contribution in [3.05, 3.63) is 69.8 Å². The van der Waals surface area contributed by atoms with Crippen molar-refractivity contribution in [2.24, 2.45) is 0 Å². The quantitative estimate of drug-likeness (QED) is 0.688. The lowest BCUT2D eigenvalue weighted by Crippen LogP contribution is -2.26. The number of aromatic nitrogens is 2. The molecule has 3 aromatic rings. The Hall–Kier alpha value is -3.28. The summed E-state index contributed by atoms with van der Waals surface area (Å²) in [6.07, 6.45) is 5.04. The highest BCUT2D eigenvalue weighted by Crippen LogP contribution is 2.19. The number of carbonyl (C=O) groups excluding carboxylic acids is 2. The van der Waals surface area contributed by atoms with Gasteiger partial charge in [-0.3, -0.25) is 19.0 Å². The van der Waals surface area contributed by atoms with E-state index in [1.54, 1.807) is 47.0 Å². The normalized spacial score (nSPS) is 14.0. The molecule has 148 valence electrons. The highest BCUT2D eigenvalue weighted by atomic mass is 16.2. The van der Waals surface area contributed by atoms with Crippen LogP contribution in [0.3, 0.4) is 0 Å². The van der Waals surface area contributed by atoms with Crippen LogP contribution in [0, 0.1) is 0 Å². The van der Waals surface area contributed by atoms with E-state index in [9.17, 15) is 14.4 Å². The highest BCUT2D eigenvalue weighted by molar-refractivity contribution is 6.09. The third-order valence-corrected chi connectivity index (χ3v) is 5.38. The summed E-state index contributed by atoms with van der Waals surface area (Å²) in [4.78, 5) is 42.2. The molecule has 0 atom stereocenters. The van der Waals surface area contributed by atoms with Gasteiger partial charge in [-0.05, 0) is 50.1 Å². The van der Waals surface area contributed by atoms with Crippen molar-refractivity contribution >= 4 is 28.3 Å². The zero-order valence-electron chi connectivity index (χ0n) is 16.4. The molecule has 1 amide bonds. The number of hydrogen-bond donors (Lipinski definition) is 1. The molecule has 2 heterocycles. The lowest BCUT2D eigenvalue weighted by molar-refractivity contribution is 0.101. The molecule has 1 aliphatic heterocycles. The van der Waals surface area contributed by atoms with E-state index in [0.717, 1.165) is 37.9 Å². The van der Waals surface area contributed by atoms with Gasteiger partial charge in [0, 0.05) is 24.1 Å². The molecule has 29 heavy (non-hydrogen) atoms. The topological polar surface area (TPSA) is 81.1 Å². The molecule has 6 nitrogen and oxygen atoms in total. The smallest absolute Gasteiger partial charge is 0.261 e. The molecule has 0 saturated heterocycles.